The van der Waals surface area contributed by atoms with Crippen molar-refractivity contribution >= 4 is 33.2 Å². The quantitative estimate of drug-likeness (QED) is 0.934. The highest BCUT2D eigenvalue weighted by Crippen LogP contribution is 2.27. The lowest BCUT2D eigenvalue weighted by Gasteiger charge is -2.08. The Morgan fingerprint density at radius 2 is 2.24 bits per heavy atom. The van der Waals surface area contributed by atoms with Gasteiger partial charge >= 0.3 is 5.97 Å². The third kappa shape index (κ3) is 3.08. The summed E-state index contributed by atoms with van der Waals surface area (Å²) in [5, 5.41) is 12.9. The Hall–Kier alpha value is -1.33. The molecule has 1 heterocycles. The maximum absolute atomic E-state index is 10.8. The molecule has 0 aliphatic carbocycles. The highest BCUT2D eigenvalue weighted by Gasteiger charge is 2.08. The lowest BCUT2D eigenvalue weighted by molar-refractivity contribution is 0.0696. The molecule has 88 valence electrons. The summed E-state index contributed by atoms with van der Waals surface area (Å²) in [5.74, 6) is -0.422. The third-order valence-corrected chi connectivity index (χ3v) is 3.54. The van der Waals surface area contributed by atoms with Gasteiger partial charge < -0.3 is 9.84 Å². The molecule has 1 aromatic carbocycles. The van der Waals surface area contributed by atoms with Gasteiger partial charge in [0.2, 0.25) is 0 Å². The predicted molar refractivity (Wildman–Crippen MR) is 69.8 cm³/mol. The summed E-state index contributed by atoms with van der Waals surface area (Å²) in [7, 11) is 0. The minimum atomic E-state index is -0.960. The van der Waals surface area contributed by atoms with E-state index in [0.717, 1.165) is 10.0 Å². The van der Waals surface area contributed by atoms with Crippen LogP contribution in [-0.4, -0.2) is 11.1 Å². The highest BCUT2D eigenvalue weighted by molar-refractivity contribution is 9.10. The van der Waals surface area contributed by atoms with Crippen LogP contribution in [0.1, 0.15) is 15.9 Å². The predicted octanol–water partition coefficient (Wildman–Crippen LogP) is 3.79. The molecule has 1 N–H and O–H groups in total. The average molecular weight is 313 g/mol. The van der Waals surface area contributed by atoms with Crippen LogP contribution in [0.3, 0.4) is 0 Å². The number of halogens is 1. The molecule has 0 radical (unpaired) electrons. The molecule has 0 spiro atoms. The summed E-state index contributed by atoms with van der Waals surface area (Å²) < 4.78 is 6.32. The Balaban J connectivity index is 2.14. The first-order valence-electron chi connectivity index (χ1n) is 4.83. The number of hydrogen-bond acceptors (Lipinski definition) is 3. The molecule has 2 aromatic rings. The Morgan fingerprint density at radius 1 is 1.41 bits per heavy atom. The molecular formula is C12H9BrO3S. The van der Waals surface area contributed by atoms with Gasteiger partial charge in [0.1, 0.15) is 12.4 Å². The van der Waals surface area contributed by atoms with Crippen LogP contribution in [0.4, 0.5) is 0 Å². The van der Waals surface area contributed by atoms with E-state index in [4.69, 9.17) is 9.84 Å². The first kappa shape index (κ1) is 12.1. The number of carboxylic acids is 1. The number of carboxylic acid groups (broad SMARTS) is 1. The highest BCUT2D eigenvalue weighted by atomic mass is 79.9. The molecule has 0 bridgehead atoms. The fourth-order valence-electron chi connectivity index (χ4n) is 1.28. The van der Waals surface area contributed by atoms with Gasteiger partial charge in [0.15, 0.2) is 0 Å². The van der Waals surface area contributed by atoms with E-state index in [1.165, 1.54) is 12.1 Å². The summed E-state index contributed by atoms with van der Waals surface area (Å²) in [6.45, 7) is 0.436. The van der Waals surface area contributed by atoms with Crippen LogP contribution in [0.2, 0.25) is 0 Å². The van der Waals surface area contributed by atoms with Gasteiger partial charge in [-0.15, -0.1) is 0 Å². The first-order valence-corrected chi connectivity index (χ1v) is 6.57. The van der Waals surface area contributed by atoms with Crippen molar-refractivity contribution in [2.24, 2.45) is 0 Å². The van der Waals surface area contributed by atoms with Crippen LogP contribution in [0, 0.1) is 0 Å². The number of thiophene rings is 1. The average Bonchev–Trinajstić information content (AvgIpc) is 2.80. The third-order valence-electron chi connectivity index (χ3n) is 2.15. The van der Waals surface area contributed by atoms with Gasteiger partial charge in [-0.3, -0.25) is 0 Å². The van der Waals surface area contributed by atoms with Crippen LogP contribution < -0.4 is 4.74 Å². The second kappa shape index (κ2) is 5.33. The van der Waals surface area contributed by atoms with Crippen LogP contribution in [-0.2, 0) is 6.61 Å². The minimum absolute atomic E-state index is 0.216. The number of aromatic carboxylic acids is 1. The molecular weight excluding hydrogens is 304 g/mol. The molecule has 1 aromatic heterocycles. The van der Waals surface area contributed by atoms with E-state index in [1.807, 2.05) is 16.8 Å². The topological polar surface area (TPSA) is 46.5 Å². The molecule has 0 unspecified atom stereocenters. The molecule has 0 atom stereocenters. The van der Waals surface area contributed by atoms with Crippen molar-refractivity contribution in [2.45, 2.75) is 6.61 Å². The van der Waals surface area contributed by atoms with Crippen LogP contribution >= 0.6 is 27.3 Å². The van der Waals surface area contributed by atoms with Gasteiger partial charge in [0, 0.05) is 0 Å². The molecule has 0 aliphatic heterocycles. The number of benzene rings is 1. The normalized spacial score (nSPS) is 10.2. The van der Waals surface area contributed by atoms with E-state index in [1.54, 1.807) is 17.4 Å². The van der Waals surface area contributed by atoms with E-state index < -0.39 is 5.97 Å². The van der Waals surface area contributed by atoms with Gasteiger partial charge in [-0.1, -0.05) is 0 Å². The fourth-order valence-corrected chi connectivity index (χ4v) is 2.30. The van der Waals surface area contributed by atoms with E-state index in [-0.39, 0.29) is 5.56 Å². The van der Waals surface area contributed by atoms with Crippen molar-refractivity contribution in [1.82, 2.24) is 0 Å². The van der Waals surface area contributed by atoms with Crippen molar-refractivity contribution in [3.05, 3.63) is 50.6 Å². The standard InChI is InChI=1S/C12H9BrO3S/c13-10-2-1-9(12(14)15)5-11(10)16-6-8-3-4-17-7-8/h1-5,7H,6H2,(H,14,15). The SMILES string of the molecule is O=C(O)c1ccc(Br)c(OCc2ccsc2)c1. The summed E-state index contributed by atoms with van der Waals surface area (Å²) in [6.07, 6.45) is 0. The van der Waals surface area contributed by atoms with Gasteiger partial charge in [-0.25, -0.2) is 4.79 Å². The second-order valence-corrected chi connectivity index (χ2v) is 5.00. The molecule has 0 saturated carbocycles. The summed E-state index contributed by atoms with van der Waals surface area (Å²) in [5.41, 5.74) is 1.29. The Bertz CT molecular complexity index is 523. The van der Waals surface area contributed by atoms with Crippen LogP contribution in [0.25, 0.3) is 0 Å². The Kier molecular flexibility index (Phi) is 3.81. The fraction of sp³-hybridized carbons (Fsp3) is 0.0833. The lowest BCUT2D eigenvalue weighted by atomic mass is 10.2. The largest absolute Gasteiger partial charge is 0.488 e. The van der Waals surface area contributed by atoms with Gasteiger partial charge in [0.25, 0.3) is 0 Å². The van der Waals surface area contributed by atoms with Crippen LogP contribution in [0.5, 0.6) is 5.75 Å². The van der Waals surface area contributed by atoms with Gasteiger partial charge in [-0.2, -0.15) is 11.3 Å². The first-order chi connectivity index (χ1) is 8.16. The van der Waals surface area contributed by atoms with Crippen molar-refractivity contribution < 1.29 is 14.6 Å². The molecule has 0 aliphatic rings. The number of hydrogen-bond donors (Lipinski definition) is 1. The maximum atomic E-state index is 10.8. The summed E-state index contributed by atoms with van der Waals surface area (Å²) >= 11 is 4.93. The molecule has 0 fully saturated rings. The Morgan fingerprint density at radius 3 is 2.88 bits per heavy atom. The van der Waals surface area contributed by atoms with Crippen molar-refractivity contribution in [3.63, 3.8) is 0 Å². The summed E-state index contributed by atoms with van der Waals surface area (Å²) in [6, 6.07) is 6.69. The zero-order chi connectivity index (χ0) is 12.3. The van der Waals surface area contributed by atoms with Crippen molar-refractivity contribution in [2.75, 3.05) is 0 Å². The molecule has 3 nitrogen and oxygen atoms in total. The molecule has 5 heteroatoms. The van der Waals surface area contributed by atoms with E-state index >= 15 is 0 Å². The van der Waals surface area contributed by atoms with E-state index in [2.05, 4.69) is 15.9 Å². The van der Waals surface area contributed by atoms with Crippen molar-refractivity contribution in [1.29, 1.82) is 0 Å². The Labute approximate surface area is 111 Å². The zero-order valence-corrected chi connectivity index (χ0v) is 11.1. The molecule has 0 saturated heterocycles. The van der Waals surface area contributed by atoms with E-state index in [9.17, 15) is 4.79 Å². The minimum Gasteiger partial charge on any atom is -0.488 e. The van der Waals surface area contributed by atoms with Crippen molar-refractivity contribution in [3.8, 4) is 5.75 Å². The van der Waals surface area contributed by atoms with E-state index in [0.29, 0.717) is 12.4 Å². The van der Waals surface area contributed by atoms with Gasteiger partial charge in [0.05, 0.1) is 10.0 Å². The number of carbonyl (C=O) groups is 1. The van der Waals surface area contributed by atoms with Crippen LogP contribution in [0.15, 0.2) is 39.5 Å². The van der Waals surface area contributed by atoms with Gasteiger partial charge in [-0.05, 0) is 56.5 Å². The summed E-state index contributed by atoms with van der Waals surface area (Å²) in [4.78, 5) is 10.8. The monoisotopic (exact) mass is 312 g/mol. The molecule has 0 amide bonds. The second-order valence-electron chi connectivity index (χ2n) is 3.37. The number of rotatable bonds is 4. The number of ether oxygens (including phenoxy) is 1. The molecule has 17 heavy (non-hydrogen) atoms. The maximum Gasteiger partial charge on any atom is 0.335 e. The smallest absolute Gasteiger partial charge is 0.335 e. The zero-order valence-electron chi connectivity index (χ0n) is 8.72. The lowest BCUT2D eigenvalue weighted by Crippen LogP contribution is -1.99. The molecule has 2 rings (SSSR count).